The Morgan fingerprint density at radius 3 is 2.44 bits per heavy atom. The quantitative estimate of drug-likeness (QED) is 0.414. The Labute approximate surface area is 190 Å². The molecule has 0 N–H and O–H groups in total. The molecule has 0 radical (unpaired) electrons. The first kappa shape index (κ1) is 24.3. The number of hydrogen-bond acceptors (Lipinski definition) is 7. The molecule has 2 saturated carbocycles. The van der Waals surface area contributed by atoms with Crippen molar-refractivity contribution < 1.29 is 33.3 Å². The number of methoxy groups -OCH3 is 2. The van der Waals surface area contributed by atoms with Gasteiger partial charge < -0.3 is 18.9 Å². The zero-order chi connectivity index (χ0) is 22.4. The molecule has 6 atom stereocenters. The molecule has 178 valence electrons. The predicted molar refractivity (Wildman–Crippen MR) is 118 cm³/mol. The second kappa shape index (κ2) is 8.91. The molecule has 0 amide bonds. The van der Waals surface area contributed by atoms with Crippen molar-refractivity contribution >= 4 is 18.1 Å². The SMILES string of the molecule is C.COC(=O)O[C@H]1CCC[C@@]2(C)C(=C[C@H](OC(=O)OC)C3C2=CC[C@]2(C)C(=O)CCC32)C1. The van der Waals surface area contributed by atoms with E-state index in [1.165, 1.54) is 19.8 Å². The summed E-state index contributed by atoms with van der Waals surface area (Å²) < 4.78 is 20.7. The molecule has 2 unspecified atom stereocenters. The maximum Gasteiger partial charge on any atom is 0.508 e. The number of fused-ring (bicyclic) bond motifs is 5. The third-order valence-corrected chi connectivity index (χ3v) is 8.22. The van der Waals surface area contributed by atoms with Crippen molar-refractivity contribution in [3.63, 3.8) is 0 Å². The van der Waals surface area contributed by atoms with Crippen molar-refractivity contribution in [2.45, 2.75) is 78.4 Å². The van der Waals surface area contributed by atoms with Gasteiger partial charge in [0.15, 0.2) is 0 Å². The first-order chi connectivity index (χ1) is 14.7. The molecule has 0 aromatic heterocycles. The van der Waals surface area contributed by atoms with Crippen LogP contribution in [0.15, 0.2) is 23.3 Å². The molecule has 0 spiro atoms. The van der Waals surface area contributed by atoms with E-state index in [-0.39, 0.29) is 30.8 Å². The standard InChI is InChI=1S/C24H32O7.CH4/c1-23-10-5-6-15(30-21(26)28-3)12-14(23)13-18(31-22(27)29-4)20-16-7-8-19(25)24(16,2)11-9-17(20)23;/h9,13,15-16,18,20H,5-8,10-12H2,1-4H3;1H4/t15-,16?,18-,20?,23-,24-;/m0./s1. The highest BCUT2D eigenvalue weighted by Gasteiger charge is 2.58. The Bertz CT molecular complexity index is 843. The molecule has 4 rings (SSSR count). The smallest absolute Gasteiger partial charge is 0.438 e. The minimum absolute atomic E-state index is 0. The van der Waals surface area contributed by atoms with E-state index < -0.39 is 23.8 Å². The lowest BCUT2D eigenvalue weighted by atomic mass is 9.53. The Morgan fingerprint density at radius 1 is 1.06 bits per heavy atom. The maximum atomic E-state index is 12.7. The van der Waals surface area contributed by atoms with Crippen LogP contribution in [0.25, 0.3) is 0 Å². The van der Waals surface area contributed by atoms with Crippen LogP contribution < -0.4 is 0 Å². The fourth-order valence-corrected chi connectivity index (χ4v) is 6.46. The van der Waals surface area contributed by atoms with Crippen LogP contribution in [0.1, 0.15) is 66.2 Å². The topological polar surface area (TPSA) is 88.1 Å². The fraction of sp³-hybridized carbons (Fsp3) is 0.720. The predicted octanol–water partition coefficient (Wildman–Crippen LogP) is 5.38. The molecule has 0 bridgehead atoms. The normalized spacial score (nSPS) is 37.8. The van der Waals surface area contributed by atoms with E-state index in [0.29, 0.717) is 18.6 Å². The molecule has 4 aliphatic rings. The van der Waals surface area contributed by atoms with Crippen LogP contribution in [-0.4, -0.2) is 44.5 Å². The van der Waals surface area contributed by atoms with E-state index in [0.717, 1.165) is 37.7 Å². The molecule has 0 aromatic carbocycles. The average Bonchev–Trinajstić information content (AvgIpc) is 2.94. The van der Waals surface area contributed by atoms with E-state index in [9.17, 15) is 14.4 Å². The first-order valence-corrected chi connectivity index (χ1v) is 11.2. The van der Waals surface area contributed by atoms with Gasteiger partial charge in [-0.25, -0.2) is 9.59 Å². The van der Waals surface area contributed by atoms with E-state index in [1.54, 1.807) is 0 Å². The van der Waals surface area contributed by atoms with Gasteiger partial charge in [-0.1, -0.05) is 38.5 Å². The van der Waals surface area contributed by atoms with Gasteiger partial charge in [0.25, 0.3) is 0 Å². The van der Waals surface area contributed by atoms with E-state index in [2.05, 4.69) is 24.7 Å². The lowest BCUT2D eigenvalue weighted by molar-refractivity contribution is -0.127. The number of ketones is 1. The van der Waals surface area contributed by atoms with Crippen LogP contribution in [0.4, 0.5) is 9.59 Å². The van der Waals surface area contributed by atoms with Gasteiger partial charge in [0.1, 0.15) is 18.0 Å². The van der Waals surface area contributed by atoms with Gasteiger partial charge in [0.2, 0.25) is 0 Å². The summed E-state index contributed by atoms with van der Waals surface area (Å²) in [6.07, 6.45) is 7.33. The maximum absolute atomic E-state index is 12.7. The second-order valence-electron chi connectivity index (χ2n) is 9.73. The lowest BCUT2D eigenvalue weighted by Gasteiger charge is -2.51. The minimum atomic E-state index is -0.725. The molecule has 0 heterocycles. The van der Waals surface area contributed by atoms with Crippen LogP contribution in [0, 0.1) is 22.7 Å². The summed E-state index contributed by atoms with van der Waals surface area (Å²) in [6, 6.07) is 0. The minimum Gasteiger partial charge on any atom is -0.438 e. The molecule has 7 nitrogen and oxygen atoms in total. The van der Waals surface area contributed by atoms with Crippen LogP contribution in [0.5, 0.6) is 0 Å². The van der Waals surface area contributed by atoms with Crippen LogP contribution in [0.3, 0.4) is 0 Å². The molecular formula is C25H36O7. The highest BCUT2D eigenvalue weighted by atomic mass is 16.7. The van der Waals surface area contributed by atoms with Crippen molar-refractivity contribution in [3.8, 4) is 0 Å². The zero-order valence-corrected chi connectivity index (χ0v) is 18.8. The first-order valence-electron chi connectivity index (χ1n) is 11.2. The van der Waals surface area contributed by atoms with Crippen LogP contribution >= 0.6 is 0 Å². The van der Waals surface area contributed by atoms with Crippen molar-refractivity contribution in [2.75, 3.05) is 14.2 Å². The van der Waals surface area contributed by atoms with Gasteiger partial charge in [-0.05, 0) is 44.1 Å². The molecule has 0 saturated heterocycles. The number of carbonyl (C=O) groups is 3. The van der Waals surface area contributed by atoms with E-state index in [1.807, 2.05) is 6.08 Å². The average molecular weight is 449 g/mol. The number of allylic oxidation sites excluding steroid dienone is 1. The highest BCUT2D eigenvalue weighted by molar-refractivity contribution is 5.87. The Kier molecular flexibility index (Phi) is 6.78. The van der Waals surface area contributed by atoms with Crippen molar-refractivity contribution in [1.29, 1.82) is 0 Å². The summed E-state index contributed by atoms with van der Waals surface area (Å²) in [7, 11) is 2.61. The molecule has 2 fully saturated rings. The number of ether oxygens (including phenoxy) is 4. The summed E-state index contributed by atoms with van der Waals surface area (Å²) in [5, 5.41) is 0. The Morgan fingerprint density at radius 2 is 1.75 bits per heavy atom. The summed E-state index contributed by atoms with van der Waals surface area (Å²) in [5.74, 6) is 0.391. The van der Waals surface area contributed by atoms with Crippen LogP contribution in [0.2, 0.25) is 0 Å². The molecule has 0 aliphatic heterocycles. The molecular weight excluding hydrogens is 412 g/mol. The van der Waals surface area contributed by atoms with Crippen LogP contribution in [-0.2, 0) is 23.7 Å². The van der Waals surface area contributed by atoms with Gasteiger partial charge in [-0.15, -0.1) is 0 Å². The summed E-state index contributed by atoms with van der Waals surface area (Å²) in [6.45, 7) is 4.30. The number of Topliss-reactive ketones (excluding diaryl/α,β-unsaturated/α-hetero) is 1. The number of carbonyl (C=O) groups excluding carboxylic acids is 3. The van der Waals surface area contributed by atoms with Crippen molar-refractivity contribution in [1.82, 2.24) is 0 Å². The summed E-state index contributed by atoms with van der Waals surface area (Å²) in [4.78, 5) is 36.6. The molecule has 7 heteroatoms. The van der Waals surface area contributed by atoms with Gasteiger partial charge in [0, 0.05) is 29.6 Å². The van der Waals surface area contributed by atoms with E-state index >= 15 is 0 Å². The second-order valence-corrected chi connectivity index (χ2v) is 9.73. The van der Waals surface area contributed by atoms with Crippen molar-refractivity contribution in [3.05, 3.63) is 23.3 Å². The largest absolute Gasteiger partial charge is 0.508 e. The lowest BCUT2D eigenvalue weighted by Crippen LogP contribution is -2.49. The van der Waals surface area contributed by atoms with Gasteiger partial charge in [-0.3, -0.25) is 4.79 Å². The number of rotatable bonds is 2. The van der Waals surface area contributed by atoms with Gasteiger partial charge >= 0.3 is 12.3 Å². The van der Waals surface area contributed by atoms with E-state index in [4.69, 9.17) is 14.2 Å². The molecule has 0 aromatic rings. The van der Waals surface area contributed by atoms with Crippen molar-refractivity contribution in [2.24, 2.45) is 22.7 Å². The van der Waals surface area contributed by atoms with Gasteiger partial charge in [-0.2, -0.15) is 0 Å². The summed E-state index contributed by atoms with van der Waals surface area (Å²) >= 11 is 0. The summed E-state index contributed by atoms with van der Waals surface area (Å²) in [5.41, 5.74) is 1.76. The monoisotopic (exact) mass is 448 g/mol. The zero-order valence-electron chi connectivity index (χ0n) is 18.8. The third kappa shape index (κ3) is 3.84. The molecule has 32 heavy (non-hydrogen) atoms. The van der Waals surface area contributed by atoms with Gasteiger partial charge in [0.05, 0.1) is 14.2 Å². The third-order valence-electron chi connectivity index (χ3n) is 8.22. The fourth-order valence-electron chi connectivity index (χ4n) is 6.46. The number of hydrogen-bond donors (Lipinski definition) is 0. The Hall–Kier alpha value is -2.31. The highest BCUT2D eigenvalue weighted by Crippen LogP contribution is 2.61. The molecule has 4 aliphatic carbocycles. The Balaban J connectivity index is 0.00000289.